The Bertz CT molecular complexity index is 522. The van der Waals surface area contributed by atoms with Crippen molar-refractivity contribution in [3.05, 3.63) is 0 Å². The molecule has 5 fully saturated rings. The van der Waals surface area contributed by atoms with E-state index >= 15 is 0 Å². The third-order valence-corrected chi connectivity index (χ3v) is 8.14. The quantitative estimate of drug-likeness (QED) is 0.738. The van der Waals surface area contributed by atoms with Gasteiger partial charge in [-0.15, -0.1) is 0 Å². The molecule has 0 radical (unpaired) electrons. The van der Waals surface area contributed by atoms with Crippen LogP contribution in [0.5, 0.6) is 0 Å². The lowest BCUT2D eigenvalue weighted by Gasteiger charge is -2.59. The van der Waals surface area contributed by atoms with E-state index in [2.05, 4.69) is 12.2 Å². The normalized spacial score (nSPS) is 42.4. The summed E-state index contributed by atoms with van der Waals surface area (Å²) in [5.41, 5.74) is 0.299. The molecular weight excluding hydrogens is 326 g/mol. The Hall–Kier alpha value is -1.06. The Kier molecular flexibility index (Phi) is 5.04. The molecule has 0 aliphatic heterocycles. The van der Waals surface area contributed by atoms with Gasteiger partial charge in [0.2, 0.25) is 5.91 Å². The Balaban J connectivity index is 1.50. The molecule has 1 amide bonds. The summed E-state index contributed by atoms with van der Waals surface area (Å²) in [6.07, 6.45) is 13.5. The van der Waals surface area contributed by atoms with Crippen molar-refractivity contribution in [3.8, 4) is 0 Å². The van der Waals surface area contributed by atoms with Crippen molar-refractivity contribution >= 4 is 11.9 Å². The van der Waals surface area contributed by atoms with E-state index in [9.17, 15) is 14.7 Å². The van der Waals surface area contributed by atoms with E-state index in [1.54, 1.807) is 0 Å². The van der Waals surface area contributed by atoms with Gasteiger partial charge in [-0.3, -0.25) is 9.59 Å². The van der Waals surface area contributed by atoms with Crippen LogP contribution >= 0.6 is 0 Å². The molecular formula is C22H35NO3. The number of carbonyl (C=O) groups is 2. The highest BCUT2D eigenvalue weighted by Gasteiger charge is 2.54. The molecule has 26 heavy (non-hydrogen) atoms. The molecule has 5 aliphatic carbocycles. The van der Waals surface area contributed by atoms with E-state index in [1.807, 2.05) is 0 Å². The van der Waals surface area contributed by atoms with Gasteiger partial charge < -0.3 is 10.4 Å². The van der Waals surface area contributed by atoms with Gasteiger partial charge in [0.15, 0.2) is 0 Å². The highest BCUT2D eigenvalue weighted by Crippen LogP contribution is 2.61. The van der Waals surface area contributed by atoms with Crippen molar-refractivity contribution < 1.29 is 14.7 Å². The summed E-state index contributed by atoms with van der Waals surface area (Å²) in [4.78, 5) is 24.7. The number of aliphatic carboxylic acids is 1. The van der Waals surface area contributed by atoms with Crippen LogP contribution in [-0.2, 0) is 9.59 Å². The van der Waals surface area contributed by atoms with Crippen molar-refractivity contribution in [1.29, 1.82) is 0 Å². The molecule has 146 valence electrons. The summed E-state index contributed by atoms with van der Waals surface area (Å²) in [7, 11) is 0. The van der Waals surface area contributed by atoms with Gasteiger partial charge in [0.1, 0.15) is 0 Å². The van der Waals surface area contributed by atoms with E-state index in [4.69, 9.17) is 0 Å². The number of amides is 1. The van der Waals surface area contributed by atoms with Crippen LogP contribution in [0.15, 0.2) is 0 Å². The van der Waals surface area contributed by atoms with Gasteiger partial charge in [-0.2, -0.15) is 0 Å². The molecule has 0 aromatic heterocycles. The first-order chi connectivity index (χ1) is 12.5. The van der Waals surface area contributed by atoms with Crippen molar-refractivity contribution in [2.75, 3.05) is 0 Å². The number of carbonyl (C=O) groups excluding carboxylic acids is 1. The smallest absolute Gasteiger partial charge is 0.307 e. The molecule has 5 saturated carbocycles. The van der Waals surface area contributed by atoms with E-state index in [-0.39, 0.29) is 17.9 Å². The summed E-state index contributed by atoms with van der Waals surface area (Å²) in [6, 6.07) is 0.254. The van der Waals surface area contributed by atoms with E-state index < -0.39 is 11.9 Å². The number of carboxylic acid groups (broad SMARTS) is 1. The number of rotatable bonds is 6. The zero-order valence-corrected chi connectivity index (χ0v) is 16.2. The molecule has 4 heteroatoms. The van der Waals surface area contributed by atoms with E-state index in [0.29, 0.717) is 11.8 Å². The molecule has 5 aliphatic rings. The molecule has 5 rings (SSSR count). The van der Waals surface area contributed by atoms with Gasteiger partial charge in [-0.1, -0.05) is 26.2 Å². The summed E-state index contributed by atoms with van der Waals surface area (Å²) in [5, 5.41) is 13.0. The average molecular weight is 362 g/mol. The number of hydrogen-bond donors (Lipinski definition) is 2. The van der Waals surface area contributed by atoms with Crippen LogP contribution in [0.3, 0.4) is 0 Å². The lowest BCUT2D eigenvalue weighted by atomic mass is 9.47. The van der Waals surface area contributed by atoms with E-state index in [0.717, 1.165) is 49.9 Å². The second-order valence-corrected chi connectivity index (χ2v) is 9.97. The third-order valence-electron chi connectivity index (χ3n) is 8.14. The summed E-state index contributed by atoms with van der Waals surface area (Å²) >= 11 is 0. The maximum absolute atomic E-state index is 13.1. The fourth-order valence-corrected chi connectivity index (χ4v) is 7.44. The molecule has 4 bridgehead atoms. The maximum Gasteiger partial charge on any atom is 0.307 e. The number of carboxylic acids is 1. The van der Waals surface area contributed by atoms with E-state index in [1.165, 1.54) is 38.5 Å². The first-order valence-corrected chi connectivity index (χ1v) is 11.0. The number of hydrogen-bond acceptors (Lipinski definition) is 2. The zero-order chi connectivity index (χ0) is 18.3. The predicted octanol–water partition coefficient (Wildman–Crippen LogP) is 4.38. The summed E-state index contributed by atoms with van der Waals surface area (Å²) < 4.78 is 0. The van der Waals surface area contributed by atoms with Gasteiger partial charge in [-0.05, 0) is 81.0 Å². The van der Waals surface area contributed by atoms with Crippen LogP contribution in [0.4, 0.5) is 0 Å². The van der Waals surface area contributed by atoms with Crippen LogP contribution in [0, 0.1) is 35.0 Å². The molecule has 0 aromatic carbocycles. The highest BCUT2D eigenvalue weighted by molar-refractivity contribution is 5.85. The SMILES string of the molecule is CCC[C@H](NC(=O)[C@H]1CCCC[C@@H]1C(=O)O)C12CC3CC(CC(C3)C1)C2. The van der Waals surface area contributed by atoms with Crippen LogP contribution in [0.1, 0.15) is 84.0 Å². The lowest BCUT2D eigenvalue weighted by Crippen LogP contribution is -2.58. The summed E-state index contributed by atoms with van der Waals surface area (Å²) in [6.45, 7) is 2.21. The fraction of sp³-hybridized carbons (Fsp3) is 0.909. The third kappa shape index (κ3) is 3.29. The molecule has 4 nitrogen and oxygen atoms in total. The molecule has 0 saturated heterocycles. The van der Waals surface area contributed by atoms with Crippen molar-refractivity contribution in [3.63, 3.8) is 0 Å². The minimum absolute atomic E-state index is 0.0336. The molecule has 0 aromatic rings. The van der Waals surface area contributed by atoms with Crippen LogP contribution in [0.2, 0.25) is 0 Å². The second kappa shape index (κ2) is 7.16. The van der Waals surface area contributed by atoms with Crippen molar-refractivity contribution in [2.45, 2.75) is 90.0 Å². The lowest BCUT2D eigenvalue weighted by molar-refractivity contribution is -0.150. The van der Waals surface area contributed by atoms with Gasteiger partial charge in [0, 0.05) is 6.04 Å². The Morgan fingerprint density at radius 2 is 1.54 bits per heavy atom. The molecule has 0 heterocycles. The minimum atomic E-state index is -0.785. The standard InChI is InChI=1S/C22H35NO3/c1-2-5-19(22-11-14-8-15(12-22)10-16(9-14)13-22)23-20(24)17-6-3-4-7-18(17)21(25)26/h14-19H,2-13H2,1H3,(H,23,24)(H,25,26)/t14?,15?,16?,17-,18-,19-,22?/m0/s1. The molecule has 0 spiro atoms. The van der Waals surface area contributed by atoms with Crippen molar-refractivity contribution in [1.82, 2.24) is 5.32 Å². The maximum atomic E-state index is 13.1. The topological polar surface area (TPSA) is 66.4 Å². The zero-order valence-electron chi connectivity index (χ0n) is 16.2. The first kappa shape index (κ1) is 18.3. The second-order valence-electron chi connectivity index (χ2n) is 9.97. The minimum Gasteiger partial charge on any atom is -0.481 e. The molecule has 2 N–H and O–H groups in total. The van der Waals surface area contributed by atoms with Crippen LogP contribution < -0.4 is 5.32 Å². The highest BCUT2D eigenvalue weighted by atomic mass is 16.4. The Morgan fingerprint density at radius 1 is 1.00 bits per heavy atom. The predicted molar refractivity (Wildman–Crippen MR) is 101 cm³/mol. The molecule has 3 atom stereocenters. The van der Waals surface area contributed by atoms with Gasteiger partial charge >= 0.3 is 5.97 Å². The Morgan fingerprint density at radius 3 is 2.04 bits per heavy atom. The monoisotopic (exact) mass is 361 g/mol. The van der Waals surface area contributed by atoms with Gasteiger partial charge in [0.05, 0.1) is 11.8 Å². The number of nitrogens with one attached hydrogen (secondary N) is 1. The van der Waals surface area contributed by atoms with Crippen LogP contribution in [0.25, 0.3) is 0 Å². The molecule has 0 unspecified atom stereocenters. The van der Waals surface area contributed by atoms with Crippen LogP contribution in [-0.4, -0.2) is 23.0 Å². The van der Waals surface area contributed by atoms with Gasteiger partial charge in [-0.25, -0.2) is 0 Å². The average Bonchev–Trinajstić information content (AvgIpc) is 2.60. The first-order valence-electron chi connectivity index (χ1n) is 11.0. The largest absolute Gasteiger partial charge is 0.481 e. The fourth-order valence-electron chi connectivity index (χ4n) is 7.44. The van der Waals surface area contributed by atoms with Gasteiger partial charge in [0.25, 0.3) is 0 Å². The van der Waals surface area contributed by atoms with Crippen molar-refractivity contribution in [2.24, 2.45) is 35.0 Å². The summed E-state index contributed by atoms with van der Waals surface area (Å²) in [5.74, 6) is 1.06. The Labute approximate surface area is 157 Å².